The number of hydrogen-bond acceptors (Lipinski definition) is 2. The second kappa shape index (κ2) is 5.85. The van der Waals surface area contributed by atoms with Gasteiger partial charge >= 0.3 is 5.97 Å². The molecule has 0 radical (unpaired) electrons. The number of benzene rings is 1. The van der Waals surface area contributed by atoms with Gasteiger partial charge in [0.15, 0.2) is 0 Å². The van der Waals surface area contributed by atoms with Gasteiger partial charge in [-0.05, 0) is 39.2 Å². The van der Waals surface area contributed by atoms with Crippen molar-refractivity contribution in [1.29, 1.82) is 0 Å². The van der Waals surface area contributed by atoms with Gasteiger partial charge in [-0.15, -0.1) is 6.58 Å². The molecule has 1 aromatic rings. The van der Waals surface area contributed by atoms with Crippen LogP contribution in [0.3, 0.4) is 0 Å². The fourth-order valence-electron chi connectivity index (χ4n) is 2.04. The Bertz CT molecular complexity index is 448. The molecule has 1 unspecified atom stereocenters. The molecule has 1 rings (SSSR count). The minimum Gasteiger partial charge on any atom is -0.468 e. The molecule has 0 aliphatic carbocycles. The average molecular weight is 246 g/mol. The molecule has 98 valence electrons. The second-order valence-corrected chi connectivity index (χ2v) is 5.15. The Morgan fingerprint density at radius 3 is 2.61 bits per heavy atom. The zero-order chi connectivity index (χ0) is 13.8. The molecule has 0 fully saturated rings. The summed E-state index contributed by atoms with van der Waals surface area (Å²) in [6.07, 6.45) is 1.54. The lowest BCUT2D eigenvalue weighted by Gasteiger charge is -2.27. The van der Waals surface area contributed by atoms with Gasteiger partial charge in [0.1, 0.15) is 0 Å². The number of allylic oxidation sites excluding steroid dienone is 1. The normalized spacial score (nSPS) is 13.8. The molecular weight excluding hydrogens is 224 g/mol. The summed E-state index contributed by atoms with van der Waals surface area (Å²) in [6.45, 7) is 9.85. The number of esters is 1. The molecule has 0 saturated carbocycles. The number of methoxy groups -OCH3 is 1. The lowest BCUT2D eigenvalue weighted by atomic mass is 9.77. The van der Waals surface area contributed by atoms with Crippen molar-refractivity contribution in [3.8, 4) is 0 Å². The molecule has 0 amide bonds. The minimum atomic E-state index is -0.598. The fourth-order valence-corrected chi connectivity index (χ4v) is 2.04. The molecule has 1 aromatic carbocycles. The van der Waals surface area contributed by atoms with Crippen molar-refractivity contribution in [2.24, 2.45) is 0 Å². The largest absolute Gasteiger partial charge is 0.468 e. The van der Waals surface area contributed by atoms with Crippen LogP contribution in [0.15, 0.2) is 36.4 Å². The van der Waals surface area contributed by atoms with E-state index in [2.05, 4.69) is 12.6 Å². The van der Waals surface area contributed by atoms with Gasteiger partial charge in [-0.2, -0.15) is 0 Å². The van der Waals surface area contributed by atoms with Crippen LogP contribution in [0.4, 0.5) is 0 Å². The Labute approximate surface area is 110 Å². The first-order valence-corrected chi connectivity index (χ1v) is 6.20. The molecule has 0 aromatic heterocycles. The van der Waals surface area contributed by atoms with E-state index in [-0.39, 0.29) is 5.97 Å². The molecule has 0 aliphatic heterocycles. The number of carbonyl (C=O) groups excluding carboxylic acids is 1. The maximum Gasteiger partial charge on any atom is 0.316 e. The summed E-state index contributed by atoms with van der Waals surface area (Å²) in [5.74, 6) is -0.186. The zero-order valence-electron chi connectivity index (χ0n) is 11.7. The Morgan fingerprint density at radius 1 is 1.44 bits per heavy atom. The minimum absolute atomic E-state index is 0.186. The lowest BCUT2D eigenvalue weighted by molar-refractivity contribution is -0.147. The lowest BCUT2D eigenvalue weighted by Crippen LogP contribution is -2.34. The number of ether oxygens (including phenoxy) is 1. The standard InChI is InChI=1S/C16H22O2/c1-12(2)9-10-16(4,15(17)18-5)14-8-6-7-13(3)11-14/h6-8,11H,1,9-10H2,2-5H3. The van der Waals surface area contributed by atoms with Crippen molar-refractivity contribution in [3.63, 3.8) is 0 Å². The Balaban J connectivity index is 3.11. The van der Waals surface area contributed by atoms with Gasteiger partial charge in [-0.25, -0.2) is 0 Å². The third-order valence-corrected chi connectivity index (χ3v) is 3.34. The van der Waals surface area contributed by atoms with Crippen LogP contribution in [0.2, 0.25) is 0 Å². The highest BCUT2D eigenvalue weighted by Gasteiger charge is 2.35. The molecule has 0 spiro atoms. The molecule has 0 bridgehead atoms. The predicted molar refractivity (Wildman–Crippen MR) is 74.6 cm³/mol. The van der Waals surface area contributed by atoms with Gasteiger partial charge in [0.2, 0.25) is 0 Å². The molecule has 2 nitrogen and oxygen atoms in total. The quantitative estimate of drug-likeness (QED) is 0.583. The monoisotopic (exact) mass is 246 g/mol. The fraction of sp³-hybridized carbons (Fsp3) is 0.438. The molecule has 0 N–H and O–H groups in total. The summed E-state index contributed by atoms with van der Waals surface area (Å²) in [5.41, 5.74) is 2.64. The number of rotatable bonds is 5. The van der Waals surface area contributed by atoms with Gasteiger partial charge in [-0.1, -0.05) is 35.4 Å². The maximum absolute atomic E-state index is 12.1. The second-order valence-electron chi connectivity index (χ2n) is 5.15. The highest BCUT2D eigenvalue weighted by Crippen LogP contribution is 2.32. The SMILES string of the molecule is C=C(C)CCC(C)(C(=O)OC)c1cccc(C)c1. The van der Waals surface area contributed by atoms with Crippen LogP contribution in [-0.4, -0.2) is 13.1 Å². The molecule has 1 atom stereocenters. The van der Waals surface area contributed by atoms with Gasteiger partial charge in [-0.3, -0.25) is 4.79 Å². The number of hydrogen-bond donors (Lipinski definition) is 0. The molecule has 0 saturated heterocycles. The highest BCUT2D eigenvalue weighted by molar-refractivity contribution is 5.82. The van der Waals surface area contributed by atoms with E-state index in [4.69, 9.17) is 4.74 Å². The van der Waals surface area contributed by atoms with E-state index >= 15 is 0 Å². The summed E-state index contributed by atoms with van der Waals surface area (Å²) in [6, 6.07) is 8.05. The Kier molecular flexibility index (Phi) is 4.71. The molecule has 0 heterocycles. The van der Waals surface area contributed by atoms with E-state index in [0.717, 1.165) is 29.5 Å². The predicted octanol–water partition coefficient (Wildman–Crippen LogP) is 3.78. The van der Waals surface area contributed by atoms with E-state index in [1.54, 1.807) is 0 Å². The smallest absolute Gasteiger partial charge is 0.316 e. The summed E-state index contributed by atoms with van der Waals surface area (Å²) >= 11 is 0. The van der Waals surface area contributed by atoms with Crippen molar-refractivity contribution in [2.45, 2.75) is 39.0 Å². The van der Waals surface area contributed by atoms with Crippen LogP contribution in [-0.2, 0) is 14.9 Å². The van der Waals surface area contributed by atoms with Crippen LogP contribution in [0.5, 0.6) is 0 Å². The third kappa shape index (κ3) is 3.22. The first kappa shape index (κ1) is 14.5. The van der Waals surface area contributed by atoms with Crippen LogP contribution < -0.4 is 0 Å². The Hall–Kier alpha value is -1.57. The van der Waals surface area contributed by atoms with Gasteiger partial charge < -0.3 is 4.74 Å². The van der Waals surface area contributed by atoms with E-state index in [1.165, 1.54) is 7.11 Å². The molecule has 0 aliphatic rings. The highest BCUT2D eigenvalue weighted by atomic mass is 16.5. The van der Waals surface area contributed by atoms with E-state index < -0.39 is 5.41 Å². The topological polar surface area (TPSA) is 26.3 Å². The van der Waals surface area contributed by atoms with E-state index in [1.807, 2.05) is 39.0 Å². The number of carbonyl (C=O) groups is 1. The summed E-state index contributed by atoms with van der Waals surface area (Å²) in [7, 11) is 1.44. The molecule has 18 heavy (non-hydrogen) atoms. The number of aryl methyl sites for hydroxylation is 1. The van der Waals surface area contributed by atoms with E-state index in [0.29, 0.717) is 0 Å². The van der Waals surface area contributed by atoms with Crippen LogP contribution >= 0.6 is 0 Å². The first-order chi connectivity index (χ1) is 8.40. The van der Waals surface area contributed by atoms with Crippen molar-refractivity contribution >= 4 is 5.97 Å². The van der Waals surface area contributed by atoms with Crippen LogP contribution in [0.1, 0.15) is 37.8 Å². The van der Waals surface area contributed by atoms with Crippen molar-refractivity contribution in [1.82, 2.24) is 0 Å². The van der Waals surface area contributed by atoms with E-state index in [9.17, 15) is 4.79 Å². The van der Waals surface area contributed by atoms with Gasteiger partial charge in [0.25, 0.3) is 0 Å². The van der Waals surface area contributed by atoms with Crippen molar-refractivity contribution in [3.05, 3.63) is 47.5 Å². The Morgan fingerprint density at radius 2 is 2.11 bits per heavy atom. The summed E-state index contributed by atoms with van der Waals surface area (Å²) < 4.78 is 4.97. The van der Waals surface area contributed by atoms with Crippen LogP contribution in [0.25, 0.3) is 0 Å². The molecular formula is C16H22O2. The first-order valence-electron chi connectivity index (χ1n) is 6.20. The average Bonchev–Trinajstić information content (AvgIpc) is 2.34. The zero-order valence-corrected chi connectivity index (χ0v) is 11.7. The molecule has 2 heteroatoms. The maximum atomic E-state index is 12.1. The summed E-state index contributed by atoms with van der Waals surface area (Å²) in [4.78, 5) is 12.1. The van der Waals surface area contributed by atoms with Crippen molar-refractivity contribution < 1.29 is 9.53 Å². The van der Waals surface area contributed by atoms with Gasteiger partial charge in [0, 0.05) is 0 Å². The van der Waals surface area contributed by atoms with Crippen molar-refractivity contribution in [2.75, 3.05) is 7.11 Å². The van der Waals surface area contributed by atoms with Gasteiger partial charge in [0.05, 0.1) is 12.5 Å². The summed E-state index contributed by atoms with van der Waals surface area (Å²) in [5, 5.41) is 0. The third-order valence-electron chi connectivity index (χ3n) is 3.34. The van der Waals surface area contributed by atoms with Crippen LogP contribution in [0, 0.1) is 6.92 Å².